The summed E-state index contributed by atoms with van der Waals surface area (Å²) in [5.41, 5.74) is 0. The number of hydrogen-bond donors (Lipinski definition) is 3. The van der Waals surface area contributed by atoms with E-state index in [1.807, 2.05) is 0 Å². The van der Waals surface area contributed by atoms with Crippen LogP contribution in [0.2, 0.25) is 0 Å². The number of rotatable bonds is 60. The second-order valence-electron chi connectivity index (χ2n) is 22.2. The third-order valence-electron chi connectivity index (χ3n) is 15.3. The molecular weight excluding hydrogens is 831 g/mol. The topological polar surface area (TPSA) is 69.6 Å². The Bertz CT molecular complexity index is 952. The average molecular weight is 959 g/mol. The quantitative estimate of drug-likeness (QED) is 0.0420. The molecule has 0 saturated carbocycles. The van der Waals surface area contributed by atoms with Crippen molar-refractivity contribution in [3.8, 4) is 0 Å². The first-order valence-electron chi connectivity index (χ1n) is 31.9. The summed E-state index contributed by atoms with van der Waals surface area (Å²) >= 11 is 0. The van der Waals surface area contributed by atoms with Gasteiger partial charge in [0.2, 0.25) is 5.91 Å². The van der Waals surface area contributed by atoms with Crippen molar-refractivity contribution < 1.29 is 15.0 Å². The standard InChI is InChI=1S/C64H127NO3/c1-3-5-7-9-11-13-15-17-19-21-22-23-24-25-26-27-28-29-30-31-32-33-34-35-36-37-38-39-40-41-42-44-46-48-50-52-54-56-58-60-64(68)65-62(61-66)63(67)59-57-55-53-51-49-47-45-43-20-18-16-14-12-10-8-6-4-2/h21-22,62-63,66-67H,3-20,23-61H2,1-2H3,(H,65,68)/b22-21-. The minimum atomic E-state index is -0.656. The van der Waals surface area contributed by atoms with Gasteiger partial charge in [0.25, 0.3) is 0 Å². The van der Waals surface area contributed by atoms with Gasteiger partial charge in [0.05, 0.1) is 18.8 Å². The lowest BCUT2D eigenvalue weighted by Gasteiger charge is -2.22. The molecule has 0 radical (unpaired) electrons. The summed E-state index contributed by atoms with van der Waals surface area (Å²) in [4.78, 5) is 12.5. The van der Waals surface area contributed by atoms with Crippen LogP contribution in [0.3, 0.4) is 0 Å². The second-order valence-corrected chi connectivity index (χ2v) is 22.2. The summed E-state index contributed by atoms with van der Waals surface area (Å²) in [6.45, 7) is 4.40. The van der Waals surface area contributed by atoms with Crippen molar-refractivity contribution in [2.75, 3.05) is 6.61 Å². The van der Waals surface area contributed by atoms with Crippen molar-refractivity contribution in [3.05, 3.63) is 12.2 Å². The van der Waals surface area contributed by atoms with E-state index in [0.29, 0.717) is 12.8 Å². The molecule has 2 unspecified atom stereocenters. The molecule has 0 aromatic rings. The van der Waals surface area contributed by atoms with Crippen LogP contribution in [0.25, 0.3) is 0 Å². The molecule has 0 aromatic heterocycles. The lowest BCUT2D eigenvalue weighted by atomic mass is 10.0. The predicted molar refractivity (Wildman–Crippen MR) is 304 cm³/mol. The van der Waals surface area contributed by atoms with Crippen LogP contribution < -0.4 is 5.32 Å². The molecule has 0 aliphatic carbocycles. The summed E-state index contributed by atoms with van der Waals surface area (Å²) in [5, 5.41) is 23.3. The predicted octanol–water partition coefficient (Wildman–Crippen LogP) is 21.3. The SMILES string of the molecule is CCCCCCCCCC/C=C\CCCCCCCCCCCCCCCCCCCCCCCCCCCCCC(=O)NC(CO)C(O)CCCCCCCCCCCCCCCCCCC. The van der Waals surface area contributed by atoms with Crippen LogP contribution in [0.5, 0.6) is 0 Å². The highest BCUT2D eigenvalue weighted by atomic mass is 16.3. The molecule has 2 atom stereocenters. The van der Waals surface area contributed by atoms with Crippen molar-refractivity contribution in [3.63, 3.8) is 0 Å². The van der Waals surface area contributed by atoms with Crippen molar-refractivity contribution in [1.82, 2.24) is 5.32 Å². The van der Waals surface area contributed by atoms with Crippen molar-refractivity contribution in [2.24, 2.45) is 0 Å². The lowest BCUT2D eigenvalue weighted by Crippen LogP contribution is -2.45. The Morgan fingerprint density at radius 2 is 0.559 bits per heavy atom. The van der Waals surface area contributed by atoms with Crippen molar-refractivity contribution in [2.45, 2.75) is 386 Å². The van der Waals surface area contributed by atoms with E-state index >= 15 is 0 Å². The number of hydrogen-bond acceptors (Lipinski definition) is 3. The van der Waals surface area contributed by atoms with Gasteiger partial charge in [-0.1, -0.05) is 341 Å². The number of unbranched alkanes of at least 4 members (excludes halogenated alkanes) is 51. The summed E-state index contributed by atoms with van der Waals surface area (Å²) in [6.07, 6.45) is 79.6. The molecule has 4 nitrogen and oxygen atoms in total. The first-order valence-corrected chi connectivity index (χ1v) is 31.9. The van der Waals surface area contributed by atoms with Gasteiger partial charge >= 0.3 is 0 Å². The van der Waals surface area contributed by atoms with Gasteiger partial charge in [-0.05, 0) is 38.5 Å². The average Bonchev–Trinajstić information content (AvgIpc) is 3.34. The van der Waals surface area contributed by atoms with E-state index in [1.54, 1.807) is 0 Å². The fourth-order valence-electron chi connectivity index (χ4n) is 10.4. The second kappa shape index (κ2) is 60.4. The molecule has 3 N–H and O–H groups in total. The number of amides is 1. The van der Waals surface area contributed by atoms with E-state index < -0.39 is 12.1 Å². The summed E-state index contributed by atoms with van der Waals surface area (Å²) < 4.78 is 0. The first kappa shape index (κ1) is 67.1. The first-order chi connectivity index (χ1) is 33.7. The fraction of sp³-hybridized carbons (Fsp3) is 0.953. The van der Waals surface area contributed by atoms with Crippen molar-refractivity contribution >= 4 is 5.91 Å². The fourth-order valence-corrected chi connectivity index (χ4v) is 10.4. The van der Waals surface area contributed by atoms with E-state index in [9.17, 15) is 15.0 Å². The number of aliphatic hydroxyl groups excluding tert-OH is 2. The Balaban J connectivity index is 3.34. The molecule has 0 saturated heterocycles. The molecule has 0 rings (SSSR count). The van der Waals surface area contributed by atoms with Gasteiger partial charge in [-0.25, -0.2) is 0 Å². The smallest absolute Gasteiger partial charge is 0.220 e. The molecule has 4 heteroatoms. The maximum absolute atomic E-state index is 12.5. The number of carbonyl (C=O) groups is 1. The largest absolute Gasteiger partial charge is 0.394 e. The third kappa shape index (κ3) is 56.0. The molecular formula is C64H127NO3. The molecule has 0 aliphatic heterocycles. The normalized spacial score (nSPS) is 12.7. The lowest BCUT2D eigenvalue weighted by molar-refractivity contribution is -0.123. The van der Waals surface area contributed by atoms with Crippen LogP contribution in [0, 0.1) is 0 Å². The zero-order valence-electron chi connectivity index (χ0n) is 46.9. The maximum atomic E-state index is 12.5. The minimum absolute atomic E-state index is 0.0223. The monoisotopic (exact) mass is 958 g/mol. The number of aliphatic hydroxyl groups is 2. The molecule has 406 valence electrons. The van der Waals surface area contributed by atoms with Gasteiger partial charge in [-0.2, -0.15) is 0 Å². The van der Waals surface area contributed by atoms with Crippen LogP contribution in [0.1, 0.15) is 373 Å². The Morgan fingerprint density at radius 1 is 0.338 bits per heavy atom. The van der Waals surface area contributed by atoms with E-state index in [0.717, 1.165) is 25.7 Å². The van der Waals surface area contributed by atoms with Crippen LogP contribution in [0.15, 0.2) is 12.2 Å². The Morgan fingerprint density at radius 3 is 0.809 bits per heavy atom. The molecule has 0 aromatic carbocycles. The number of carbonyl (C=O) groups excluding carboxylic acids is 1. The highest BCUT2D eigenvalue weighted by Crippen LogP contribution is 2.19. The zero-order valence-corrected chi connectivity index (χ0v) is 46.9. The van der Waals surface area contributed by atoms with E-state index in [4.69, 9.17) is 0 Å². The molecule has 68 heavy (non-hydrogen) atoms. The summed E-state index contributed by atoms with van der Waals surface area (Å²) in [6, 6.07) is -0.532. The number of allylic oxidation sites excluding steroid dienone is 2. The van der Waals surface area contributed by atoms with Gasteiger partial charge < -0.3 is 15.5 Å². The van der Waals surface area contributed by atoms with E-state index in [-0.39, 0.29) is 12.5 Å². The Kier molecular flexibility index (Phi) is 59.7. The molecule has 0 bridgehead atoms. The van der Waals surface area contributed by atoms with Gasteiger partial charge in [-0.15, -0.1) is 0 Å². The minimum Gasteiger partial charge on any atom is -0.394 e. The van der Waals surface area contributed by atoms with Gasteiger partial charge in [0, 0.05) is 6.42 Å². The molecule has 0 aliphatic rings. The Hall–Kier alpha value is -0.870. The van der Waals surface area contributed by atoms with E-state index in [2.05, 4.69) is 31.3 Å². The number of nitrogens with one attached hydrogen (secondary N) is 1. The molecule has 0 heterocycles. The van der Waals surface area contributed by atoms with Crippen LogP contribution in [0.4, 0.5) is 0 Å². The van der Waals surface area contributed by atoms with Gasteiger partial charge in [0.15, 0.2) is 0 Å². The Labute approximate surface area is 428 Å². The summed E-state index contributed by atoms with van der Waals surface area (Å²) in [7, 11) is 0. The molecule has 0 fully saturated rings. The maximum Gasteiger partial charge on any atom is 0.220 e. The van der Waals surface area contributed by atoms with Crippen LogP contribution in [-0.2, 0) is 4.79 Å². The van der Waals surface area contributed by atoms with Crippen molar-refractivity contribution in [1.29, 1.82) is 0 Å². The zero-order chi connectivity index (χ0) is 49.2. The van der Waals surface area contributed by atoms with Crippen LogP contribution >= 0.6 is 0 Å². The van der Waals surface area contributed by atoms with Crippen LogP contribution in [-0.4, -0.2) is 34.9 Å². The third-order valence-corrected chi connectivity index (χ3v) is 15.3. The summed E-state index contributed by atoms with van der Waals surface area (Å²) in [5.74, 6) is -0.0223. The van der Waals surface area contributed by atoms with Gasteiger partial charge in [-0.3, -0.25) is 4.79 Å². The highest BCUT2D eigenvalue weighted by Gasteiger charge is 2.20. The van der Waals surface area contributed by atoms with Gasteiger partial charge in [0.1, 0.15) is 0 Å². The molecule has 0 spiro atoms. The highest BCUT2D eigenvalue weighted by molar-refractivity contribution is 5.76. The van der Waals surface area contributed by atoms with E-state index in [1.165, 1.54) is 321 Å². The molecule has 1 amide bonds.